The van der Waals surface area contributed by atoms with Gasteiger partial charge < -0.3 is 14.2 Å². The molecule has 4 heteroatoms. The number of hydrogen-bond donors (Lipinski definition) is 1. The van der Waals surface area contributed by atoms with E-state index in [0.717, 1.165) is 31.4 Å². The van der Waals surface area contributed by atoms with E-state index in [0.29, 0.717) is 6.04 Å². The highest BCUT2D eigenvalue weighted by Crippen LogP contribution is 2.34. The van der Waals surface area contributed by atoms with Crippen molar-refractivity contribution < 1.29 is 5.11 Å². The summed E-state index contributed by atoms with van der Waals surface area (Å²) >= 11 is 0. The van der Waals surface area contributed by atoms with Crippen molar-refractivity contribution >= 4 is 0 Å². The van der Waals surface area contributed by atoms with Crippen LogP contribution in [0.15, 0.2) is 24.8 Å². The van der Waals surface area contributed by atoms with Crippen molar-refractivity contribution in [3.63, 3.8) is 0 Å². The van der Waals surface area contributed by atoms with Crippen LogP contribution in [0, 0.1) is 6.92 Å². The summed E-state index contributed by atoms with van der Waals surface area (Å²) in [5, 5.41) is 10.1. The van der Waals surface area contributed by atoms with Gasteiger partial charge in [-0.25, -0.2) is 4.98 Å². The molecule has 19 heavy (non-hydrogen) atoms. The Morgan fingerprint density at radius 2 is 2.37 bits per heavy atom. The van der Waals surface area contributed by atoms with E-state index < -0.39 is 0 Å². The zero-order valence-electron chi connectivity index (χ0n) is 11.6. The van der Waals surface area contributed by atoms with Crippen LogP contribution in [0.5, 0.6) is 0 Å². The molecule has 0 aromatic carbocycles. The average molecular weight is 259 g/mol. The van der Waals surface area contributed by atoms with Crippen LogP contribution in [0.1, 0.15) is 48.9 Å². The number of fused-ring (bicyclic) bond motifs is 1. The molecule has 1 aliphatic carbocycles. The molecule has 0 saturated heterocycles. The van der Waals surface area contributed by atoms with Crippen LogP contribution >= 0.6 is 0 Å². The summed E-state index contributed by atoms with van der Waals surface area (Å²) in [7, 11) is 0. The van der Waals surface area contributed by atoms with Gasteiger partial charge in [-0.2, -0.15) is 0 Å². The maximum absolute atomic E-state index is 10.1. The SMILES string of the molecule is Cc1cc2c(n1C(C)Cn1ccnc1)CCCC2O. The van der Waals surface area contributed by atoms with Crippen LogP contribution in [0.2, 0.25) is 0 Å². The number of aromatic nitrogens is 3. The first-order valence-corrected chi connectivity index (χ1v) is 7.01. The van der Waals surface area contributed by atoms with Crippen LogP contribution in [0.3, 0.4) is 0 Å². The van der Waals surface area contributed by atoms with Crippen molar-refractivity contribution in [1.82, 2.24) is 14.1 Å². The molecule has 0 bridgehead atoms. The molecule has 1 N–H and O–H groups in total. The van der Waals surface area contributed by atoms with Gasteiger partial charge in [0.15, 0.2) is 0 Å². The average Bonchev–Trinajstić information content (AvgIpc) is 2.96. The zero-order chi connectivity index (χ0) is 13.4. The molecule has 1 aliphatic rings. The van der Waals surface area contributed by atoms with E-state index in [1.54, 1.807) is 0 Å². The minimum atomic E-state index is -0.274. The summed E-state index contributed by atoms with van der Waals surface area (Å²) in [6.45, 7) is 5.28. The van der Waals surface area contributed by atoms with Crippen molar-refractivity contribution in [2.45, 2.75) is 51.8 Å². The Hall–Kier alpha value is -1.55. The van der Waals surface area contributed by atoms with Gasteiger partial charge in [0.2, 0.25) is 0 Å². The lowest BCUT2D eigenvalue weighted by atomic mass is 9.95. The number of aryl methyl sites for hydroxylation is 1. The Kier molecular flexibility index (Phi) is 3.19. The monoisotopic (exact) mass is 259 g/mol. The van der Waals surface area contributed by atoms with E-state index in [9.17, 15) is 5.11 Å². The lowest BCUT2D eigenvalue weighted by Crippen LogP contribution is -2.18. The molecule has 2 aromatic rings. The Bertz CT molecular complexity index is 556. The molecule has 3 rings (SSSR count). The highest BCUT2D eigenvalue weighted by molar-refractivity contribution is 5.32. The molecular formula is C15H21N3O. The predicted octanol–water partition coefficient (Wildman–Crippen LogP) is 2.62. The van der Waals surface area contributed by atoms with Crippen molar-refractivity contribution in [2.75, 3.05) is 0 Å². The third kappa shape index (κ3) is 2.21. The molecule has 2 heterocycles. The maximum atomic E-state index is 10.1. The number of nitrogens with zero attached hydrogens (tertiary/aromatic N) is 3. The molecule has 102 valence electrons. The zero-order valence-corrected chi connectivity index (χ0v) is 11.6. The normalized spacial score (nSPS) is 20.3. The molecule has 2 aromatic heterocycles. The third-order valence-electron chi connectivity index (χ3n) is 4.09. The molecule has 0 amide bonds. The molecule has 0 aliphatic heterocycles. The van der Waals surface area contributed by atoms with E-state index in [2.05, 4.69) is 34.0 Å². The standard InChI is InChI=1S/C15H21N3O/c1-11-8-13-14(4-3-5-15(13)19)18(11)12(2)9-17-7-6-16-10-17/h6-8,10,12,15,19H,3-5,9H2,1-2H3. The summed E-state index contributed by atoms with van der Waals surface area (Å²) in [5.74, 6) is 0. The van der Waals surface area contributed by atoms with Gasteiger partial charge in [0.1, 0.15) is 0 Å². The molecule has 4 nitrogen and oxygen atoms in total. The minimum Gasteiger partial charge on any atom is -0.388 e. The van der Waals surface area contributed by atoms with Crippen LogP contribution in [-0.4, -0.2) is 19.2 Å². The van der Waals surface area contributed by atoms with Gasteiger partial charge in [0.25, 0.3) is 0 Å². The van der Waals surface area contributed by atoms with Crippen LogP contribution in [0.25, 0.3) is 0 Å². The Morgan fingerprint density at radius 1 is 1.53 bits per heavy atom. The third-order valence-corrected chi connectivity index (χ3v) is 4.09. The molecule has 0 spiro atoms. The van der Waals surface area contributed by atoms with E-state index >= 15 is 0 Å². The topological polar surface area (TPSA) is 43.0 Å². The summed E-state index contributed by atoms with van der Waals surface area (Å²) < 4.78 is 4.49. The lowest BCUT2D eigenvalue weighted by Gasteiger charge is -2.24. The van der Waals surface area contributed by atoms with Gasteiger partial charge in [-0.1, -0.05) is 0 Å². The smallest absolute Gasteiger partial charge is 0.0946 e. The first-order chi connectivity index (χ1) is 9.16. The Balaban J connectivity index is 1.92. The Labute approximate surface area is 113 Å². The highest BCUT2D eigenvalue weighted by Gasteiger charge is 2.24. The molecule has 0 fully saturated rings. The number of aliphatic hydroxyl groups is 1. The first-order valence-electron chi connectivity index (χ1n) is 7.01. The number of aliphatic hydroxyl groups excluding tert-OH is 1. The second-order valence-corrected chi connectivity index (χ2v) is 5.57. The number of rotatable bonds is 3. The number of hydrogen-bond acceptors (Lipinski definition) is 2. The van der Waals surface area contributed by atoms with E-state index in [1.807, 2.05) is 18.7 Å². The van der Waals surface area contributed by atoms with Crippen LogP contribution < -0.4 is 0 Å². The van der Waals surface area contributed by atoms with E-state index in [4.69, 9.17) is 0 Å². The summed E-state index contributed by atoms with van der Waals surface area (Å²) in [4.78, 5) is 4.09. The lowest BCUT2D eigenvalue weighted by molar-refractivity contribution is 0.155. The quantitative estimate of drug-likeness (QED) is 0.920. The van der Waals surface area contributed by atoms with E-state index in [-0.39, 0.29) is 6.10 Å². The van der Waals surface area contributed by atoms with Gasteiger partial charge in [0.05, 0.1) is 12.4 Å². The minimum absolute atomic E-state index is 0.274. The second-order valence-electron chi connectivity index (χ2n) is 5.57. The fraction of sp³-hybridized carbons (Fsp3) is 0.533. The Morgan fingerprint density at radius 3 is 3.11 bits per heavy atom. The van der Waals surface area contributed by atoms with Crippen molar-refractivity contribution in [1.29, 1.82) is 0 Å². The fourth-order valence-corrected chi connectivity index (χ4v) is 3.30. The van der Waals surface area contributed by atoms with Gasteiger partial charge >= 0.3 is 0 Å². The van der Waals surface area contributed by atoms with E-state index in [1.165, 1.54) is 11.4 Å². The number of imidazole rings is 1. The van der Waals surface area contributed by atoms with Crippen LogP contribution in [-0.2, 0) is 13.0 Å². The fourth-order valence-electron chi connectivity index (χ4n) is 3.30. The van der Waals surface area contributed by atoms with Crippen LogP contribution in [0.4, 0.5) is 0 Å². The largest absolute Gasteiger partial charge is 0.388 e. The summed E-state index contributed by atoms with van der Waals surface area (Å²) in [5.41, 5.74) is 3.71. The van der Waals surface area contributed by atoms with Crippen molar-refractivity contribution in [2.24, 2.45) is 0 Å². The van der Waals surface area contributed by atoms with Crippen molar-refractivity contribution in [3.8, 4) is 0 Å². The first kappa shape index (κ1) is 12.5. The molecule has 2 unspecified atom stereocenters. The molecular weight excluding hydrogens is 238 g/mol. The van der Waals surface area contributed by atoms with Gasteiger partial charge in [-0.15, -0.1) is 0 Å². The highest BCUT2D eigenvalue weighted by atomic mass is 16.3. The molecule has 0 saturated carbocycles. The summed E-state index contributed by atoms with van der Waals surface area (Å²) in [6, 6.07) is 2.53. The maximum Gasteiger partial charge on any atom is 0.0946 e. The van der Waals surface area contributed by atoms with Gasteiger partial charge in [-0.3, -0.25) is 0 Å². The summed E-state index contributed by atoms with van der Waals surface area (Å²) in [6.07, 6.45) is 8.45. The molecule has 2 atom stereocenters. The second kappa shape index (κ2) is 4.85. The van der Waals surface area contributed by atoms with Crippen molar-refractivity contribution in [3.05, 3.63) is 41.7 Å². The van der Waals surface area contributed by atoms with Gasteiger partial charge in [0, 0.05) is 41.9 Å². The predicted molar refractivity (Wildman–Crippen MR) is 74.0 cm³/mol. The van der Waals surface area contributed by atoms with Gasteiger partial charge in [-0.05, 0) is 39.2 Å². The molecule has 0 radical (unpaired) electrons.